The first-order valence-corrected chi connectivity index (χ1v) is 14.7. The number of benzene rings is 2. The van der Waals surface area contributed by atoms with E-state index in [2.05, 4.69) is 31.6 Å². The number of methoxy groups -OCH3 is 2. The molecule has 4 aromatic rings. The fraction of sp³-hybridized carbons (Fsp3) is 0.258. The van der Waals surface area contributed by atoms with Gasteiger partial charge in [0, 0.05) is 21.5 Å². The van der Waals surface area contributed by atoms with E-state index < -0.39 is 12.0 Å². The summed E-state index contributed by atoms with van der Waals surface area (Å²) in [5, 5.41) is 0. The van der Waals surface area contributed by atoms with Gasteiger partial charge < -0.3 is 18.8 Å². The maximum atomic E-state index is 14.1. The number of aryl methyl sites for hydroxylation is 1. The molecule has 0 saturated carbocycles. The van der Waals surface area contributed by atoms with Gasteiger partial charge in [-0.2, -0.15) is 0 Å². The van der Waals surface area contributed by atoms with Gasteiger partial charge >= 0.3 is 5.97 Å². The Bertz CT molecular complexity index is 1860. The van der Waals surface area contributed by atoms with Crippen LogP contribution in [-0.2, 0) is 9.53 Å². The Kier molecular flexibility index (Phi) is 8.06. The highest BCUT2D eigenvalue weighted by Crippen LogP contribution is 2.36. The van der Waals surface area contributed by atoms with Crippen LogP contribution < -0.4 is 24.4 Å². The molecule has 1 aliphatic rings. The number of carbonyl (C=O) groups is 1. The summed E-state index contributed by atoms with van der Waals surface area (Å²) in [4.78, 5) is 32.5. The van der Waals surface area contributed by atoms with Gasteiger partial charge in [0.1, 0.15) is 0 Å². The Morgan fingerprint density at radius 1 is 1.05 bits per heavy atom. The van der Waals surface area contributed by atoms with Crippen LogP contribution in [-0.4, -0.2) is 35.9 Å². The second kappa shape index (κ2) is 11.5. The molecule has 0 N–H and O–H groups in total. The molecule has 1 atom stereocenters. The second-order valence-electron chi connectivity index (χ2n) is 9.55. The van der Waals surface area contributed by atoms with Gasteiger partial charge in [-0.1, -0.05) is 33.3 Å². The molecule has 0 aliphatic carbocycles. The first-order valence-electron chi connectivity index (χ1n) is 13.0. The number of rotatable bonds is 7. The van der Waals surface area contributed by atoms with Crippen molar-refractivity contribution in [3.05, 3.63) is 106 Å². The first-order chi connectivity index (χ1) is 19.7. The molecule has 212 valence electrons. The Balaban J connectivity index is 1.70. The number of fused-ring (bicyclic) bond motifs is 1. The third-order valence-corrected chi connectivity index (χ3v) is 8.59. The van der Waals surface area contributed by atoms with Crippen molar-refractivity contribution in [1.82, 2.24) is 9.13 Å². The average molecular weight is 637 g/mol. The van der Waals surface area contributed by atoms with Gasteiger partial charge in [-0.3, -0.25) is 9.36 Å². The monoisotopic (exact) mass is 635 g/mol. The molecule has 0 bridgehead atoms. The lowest BCUT2D eigenvalue weighted by atomic mass is 9.95. The van der Waals surface area contributed by atoms with E-state index in [0.29, 0.717) is 37.7 Å². The van der Waals surface area contributed by atoms with Crippen LogP contribution in [0.3, 0.4) is 0 Å². The van der Waals surface area contributed by atoms with Gasteiger partial charge in [0.05, 0.1) is 42.7 Å². The number of aromatic nitrogens is 2. The van der Waals surface area contributed by atoms with Gasteiger partial charge in [0.15, 0.2) is 16.3 Å². The van der Waals surface area contributed by atoms with Gasteiger partial charge in [-0.15, -0.1) is 0 Å². The normalized spacial score (nSPS) is 15.0. The van der Waals surface area contributed by atoms with Crippen molar-refractivity contribution in [3.63, 3.8) is 0 Å². The smallest absolute Gasteiger partial charge is 0.338 e. The zero-order valence-corrected chi connectivity index (χ0v) is 26.1. The number of hydrogen-bond acceptors (Lipinski definition) is 7. The number of carbonyl (C=O) groups excluding carboxylic acids is 1. The van der Waals surface area contributed by atoms with Crippen LogP contribution in [0.5, 0.6) is 11.5 Å². The standard InChI is InChI=1S/C31H30BrN3O5S/c1-7-40-30(37)27-18(3)33-31-35(28(27)20-8-13-24(38-5)25(15-20)39-6)29(36)26(41-31)16-21-14-17(2)34(19(21)4)23-11-9-22(32)10-12-23/h8-16,28H,7H2,1-6H3/t28-/m0/s1. The topological polar surface area (TPSA) is 84.1 Å². The number of nitrogens with zero attached hydrogens (tertiary/aromatic N) is 3. The minimum Gasteiger partial charge on any atom is -0.493 e. The van der Waals surface area contributed by atoms with Crippen LogP contribution in [0.1, 0.15) is 42.4 Å². The number of esters is 1. The summed E-state index contributed by atoms with van der Waals surface area (Å²) in [6.45, 7) is 7.79. The molecule has 0 radical (unpaired) electrons. The van der Waals surface area contributed by atoms with Crippen LogP contribution >= 0.6 is 27.3 Å². The van der Waals surface area contributed by atoms with E-state index in [-0.39, 0.29) is 12.2 Å². The molecule has 0 spiro atoms. The van der Waals surface area contributed by atoms with Crippen LogP contribution in [0.25, 0.3) is 11.8 Å². The van der Waals surface area contributed by atoms with Crippen molar-refractivity contribution in [3.8, 4) is 17.2 Å². The molecule has 2 aromatic heterocycles. The van der Waals surface area contributed by atoms with E-state index in [9.17, 15) is 9.59 Å². The highest BCUT2D eigenvalue weighted by molar-refractivity contribution is 9.10. The lowest BCUT2D eigenvalue weighted by molar-refractivity contribution is -0.139. The van der Waals surface area contributed by atoms with Crippen molar-refractivity contribution in [1.29, 1.82) is 0 Å². The second-order valence-corrected chi connectivity index (χ2v) is 11.5. The summed E-state index contributed by atoms with van der Waals surface area (Å²) in [5.74, 6) is 0.523. The van der Waals surface area contributed by atoms with E-state index in [0.717, 1.165) is 27.1 Å². The summed E-state index contributed by atoms with van der Waals surface area (Å²) >= 11 is 4.79. The van der Waals surface area contributed by atoms with Gasteiger partial charge in [0.25, 0.3) is 5.56 Å². The van der Waals surface area contributed by atoms with Crippen molar-refractivity contribution in [2.75, 3.05) is 20.8 Å². The number of halogens is 1. The lowest BCUT2D eigenvalue weighted by Crippen LogP contribution is -2.40. The number of allylic oxidation sites excluding steroid dienone is 1. The minimum atomic E-state index is -0.748. The fourth-order valence-corrected chi connectivity index (χ4v) is 6.49. The maximum absolute atomic E-state index is 14.1. The molecule has 2 aromatic carbocycles. The zero-order valence-electron chi connectivity index (χ0n) is 23.6. The lowest BCUT2D eigenvalue weighted by Gasteiger charge is -2.25. The molecule has 0 saturated heterocycles. The highest BCUT2D eigenvalue weighted by Gasteiger charge is 2.34. The molecular weight excluding hydrogens is 606 g/mol. The van der Waals surface area contributed by atoms with Gasteiger partial charge in [0.2, 0.25) is 0 Å². The fourth-order valence-electron chi connectivity index (χ4n) is 5.19. The van der Waals surface area contributed by atoms with E-state index in [1.54, 1.807) is 44.8 Å². The molecule has 41 heavy (non-hydrogen) atoms. The molecule has 1 aliphatic heterocycles. The molecule has 5 rings (SSSR count). The predicted octanol–water partition coefficient (Wildman–Crippen LogP) is 4.99. The minimum absolute atomic E-state index is 0.201. The maximum Gasteiger partial charge on any atom is 0.338 e. The average Bonchev–Trinajstić information content (AvgIpc) is 3.41. The van der Waals surface area contributed by atoms with Gasteiger partial charge in [-0.25, -0.2) is 9.79 Å². The largest absolute Gasteiger partial charge is 0.493 e. The molecular formula is C31H30BrN3O5S. The van der Waals surface area contributed by atoms with Crippen LogP contribution in [0, 0.1) is 13.8 Å². The third-order valence-electron chi connectivity index (χ3n) is 7.08. The van der Waals surface area contributed by atoms with E-state index >= 15 is 0 Å². The van der Waals surface area contributed by atoms with E-state index in [1.165, 1.54) is 11.3 Å². The zero-order chi connectivity index (χ0) is 29.4. The van der Waals surface area contributed by atoms with Crippen molar-refractivity contribution >= 4 is 39.3 Å². The Labute approximate surface area is 250 Å². The molecule has 10 heteroatoms. The summed E-state index contributed by atoms with van der Waals surface area (Å²) in [6.07, 6.45) is 1.90. The Morgan fingerprint density at radius 3 is 2.41 bits per heavy atom. The van der Waals surface area contributed by atoms with Crippen LogP contribution in [0.4, 0.5) is 0 Å². The van der Waals surface area contributed by atoms with E-state index in [4.69, 9.17) is 14.2 Å². The quantitative estimate of drug-likeness (QED) is 0.267. The van der Waals surface area contributed by atoms with Crippen molar-refractivity contribution in [2.45, 2.75) is 33.7 Å². The number of ether oxygens (including phenoxy) is 3. The van der Waals surface area contributed by atoms with Crippen LogP contribution in [0.15, 0.2) is 74.1 Å². The SMILES string of the molecule is CCOC(=O)C1=C(C)N=c2sc(=Cc3cc(C)n(-c4ccc(Br)cc4)c3C)c(=O)n2[C@H]1c1ccc(OC)c(OC)c1. The first kappa shape index (κ1) is 28.6. The third kappa shape index (κ3) is 5.17. The Hall–Kier alpha value is -3.89. The summed E-state index contributed by atoms with van der Waals surface area (Å²) in [6, 6.07) is 14.8. The van der Waals surface area contributed by atoms with Gasteiger partial charge in [-0.05, 0) is 87.4 Å². The predicted molar refractivity (Wildman–Crippen MR) is 163 cm³/mol. The van der Waals surface area contributed by atoms with E-state index in [1.807, 2.05) is 50.3 Å². The van der Waals surface area contributed by atoms with Crippen LogP contribution in [0.2, 0.25) is 0 Å². The Morgan fingerprint density at radius 2 is 1.76 bits per heavy atom. The summed E-state index contributed by atoms with van der Waals surface area (Å²) in [7, 11) is 3.10. The molecule has 0 amide bonds. The van der Waals surface area contributed by atoms with Crippen molar-refractivity contribution < 1.29 is 19.0 Å². The molecule has 3 heterocycles. The summed E-state index contributed by atoms with van der Waals surface area (Å²) in [5.41, 5.74) is 5.28. The number of thiazole rings is 1. The highest BCUT2D eigenvalue weighted by atomic mass is 79.9. The molecule has 8 nitrogen and oxygen atoms in total. The summed E-state index contributed by atoms with van der Waals surface area (Å²) < 4.78 is 21.6. The number of hydrogen-bond donors (Lipinski definition) is 0. The molecule has 0 unspecified atom stereocenters. The molecule has 0 fully saturated rings. The van der Waals surface area contributed by atoms with Crippen molar-refractivity contribution in [2.24, 2.45) is 4.99 Å².